The normalized spacial score (nSPS) is 13.9. The van der Waals surface area contributed by atoms with E-state index >= 15 is 0 Å². The van der Waals surface area contributed by atoms with Gasteiger partial charge in [0, 0.05) is 32.3 Å². The van der Waals surface area contributed by atoms with Crippen LogP contribution in [0, 0.1) is 11.8 Å². The molecule has 0 saturated carbocycles. The summed E-state index contributed by atoms with van der Waals surface area (Å²) in [4.78, 5) is 5.12. The van der Waals surface area contributed by atoms with Gasteiger partial charge in [0.1, 0.15) is 0 Å². The van der Waals surface area contributed by atoms with Crippen molar-refractivity contribution in [2.45, 2.75) is 220 Å². The summed E-state index contributed by atoms with van der Waals surface area (Å²) >= 11 is 0. The van der Waals surface area contributed by atoms with Crippen molar-refractivity contribution < 1.29 is 4.74 Å². The van der Waals surface area contributed by atoms with Crippen LogP contribution in [0.1, 0.15) is 214 Å². The Morgan fingerprint density at radius 3 is 1.43 bits per heavy atom. The molecule has 0 rings (SSSR count). The molecule has 0 heterocycles. The van der Waals surface area contributed by atoms with Crippen molar-refractivity contribution in [2.24, 2.45) is 11.8 Å². The zero-order chi connectivity index (χ0) is 36.0. The molecule has 1 N–H and O–H groups in total. The molecule has 0 fully saturated rings. The van der Waals surface area contributed by atoms with Crippen LogP contribution in [0.4, 0.5) is 0 Å². The molecule has 0 aromatic carbocycles. The lowest BCUT2D eigenvalue weighted by Crippen LogP contribution is -2.34. The standard InChI is InChI=1S/C45H95N3O/c1-8-12-34-44(10-3)42-49-41-33-29-25-21-17-16-20-24-28-32-38-48(40-39-47(6)7)37-31-27-23-19-15-14-18-22-26-30-36-46-43(5)45(11-4)35-13-9-2/h43-46H,8-42H2,1-7H3. The Balaban J connectivity index is 3.67. The number of nitrogens with zero attached hydrogens (tertiary/aromatic N) is 2. The molecule has 4 nitrogen and oxygen atoms in total. The van der Waals surface area contributed by atoms with Crippen molar-refractivity contribution >= 4 is 0 Å². The summed E-state index contributed by atoms with van der Waals surface area (Å²) in [5, 5.41) is 3.82. The molecular formula is C45H95N3O. The molecule has 3 atom stereocenters. The highest BCUT2D eigenvalue weighted by Gasteiger charge is 2.14. The van der Waals surface area contributed by atoms with Gasteiger partial charge < -0.3 is 19.9 Å². The van der Waals surface area contributed by atoms with Gasteiger partial charge in [-0.15, -0.1) is 0 Å². The van der Waals surface area contributed by atoms with Crippen molar-refractivity contribution in [1.82, 2.24) is 15.1 Å². The molecule has 0 radical (unpaired) electrons. The molecule has 296 valence electrons. The van der Waals surface area contributed by atoms with E-state index in [0.717, 1.165) is 25.0 Å². The molecule has 4 heteroatoms. The molecule has 0 bridgehead atoms. The van der Waals surface area contributed by atoms with Crippen LogP contribution in [0.2, 0.25) is 0 Å². The minimum absolute atomic E-state index is 0.687. The largest absolute Gasteiger partial charge is 0.381 e. The molecule has 3 unspecified atom stereocenters. The minimum atomic E-state index is 0.687. The van der Waals surface area contributed by atoms with Gasteiger partial charge in [-0.05, 0) is 91.0 Å². The van der Waals surface area contributed by atoms with Crippen LogP contribution in [0.3, 0.4) is 0 Å². The molecule has 0 spiro atoms. The van der Waals surface area contributed by atoms with E-state index in [4.69, 9.17) is 4.74 Å². The van der Waals surface area contributed by atoms with Crippen LogP contribution >= 0.6 is 0 Å². The number of nitrogens with one attached hydrogen (secondary N) is 1. The van der Waals surface area contributed by atoms with Gasteiger partial charge in [-0.3, -0.25) is 0 Å². The first-order valence-electron chi connectivity index (χ1n) is 22.7. The summed E-state index contributed by atoms with van der Waals surface area (Å²) in [6, 6.07) is 0.687. The SMILES string of the molecule is CCCCC(CC)COCCCCCCCCCCCCN(CCCCCCCCCCCCNC(C)C(CC)CCCC)CCN(C)C. The lowest BCUT2D eigenvalue weighted by atomic mass is 9.92. The van der Waals surface area contributed by atoms with Gasteiger partial charge in [0.2, 0.25) is 0 Å². The van der Waals surface area contributed by atoms with Crippen molar-refractivity contribution in [3.8, 4) is 0 Å². The highest BCUT2D eigenvalue weighted by atomic mass is 16.5. The van der Waals surface area contributed by atoms with Crippen LogP contribution in [0.15, 0.2) is 0 Å². The van der Waals surface area contributed by atoms with E-state index in [2.05, 4.69) is 63.8 Å². The van der Waals surface area contributed by atoms with Crippen molar-refractivity contribution in [1.29, 1.82) is 0 Å². The molecule has 0 aliphatic carbocycles. The van der Waals surface area contributed by atoms with Crippen LogP contribution in [0.5, 0.6) is 0 Å². The number of hydrogen-bond acceptors (Lipinski definition) is 4. The summed E-state index contributed by atoms with van der Waals surface area (Å²) in [5.74, 6) is 1.65. The second-order valence-corrected chi connectivity index (χ2v) is 16.3. The second-order valence-electron chi connectivity index (χ2n) is 16.3. The minimum Gasteiger partial charge on any atom is -0.381 e. The van der Waals surface area contributed by atoms with Crippen molar-refractivity contribution in [2.75, 3.05) is 60.0 Å². The number of unbranched alkanes of at least 4 members (excludes halogenated alkanes) is 20. The zero-order valence-electron chi connectivity index (χ0n) is 35.3. The van der Waals surface area contributed by atoms with Crippen molar-refractivity contribution in [3.63, 3.8) is 0 Å². The Labute approximate surface area is 311 Å². The predicted molar refractivity (Wildman–Crippen MR) is 222 cm³/mol. The third-order valence-electron chi connectivity index (χ3n) is 11.3. The molecule has 0 amide bonds. The molecule has 0 aromatic rings. The Morgan fingerprint density at radius 1 is 0.490 bits per heavy atom. The lowest BCUT2D eigenvalue weighted by molar-refractivity contribution is 0.0908. The molecule has 0 aromatic heterocycles. The third-order valence-corrected chi connectivity index (χ3v) is 11.3. The van der Waals surface area contributed by atoms with E-state index in [9.17, 15) is 0 Å². The van der Waals surface area contributed by atoms with E-state index in [-0.39, 0.29) is 0 Å². The summed E-state index contributed by atoms with van der Waals surface area (Å²) in [5.41, 5.74) is 0. The number of hydrogen-bond donors (Lipinski definition) is 1. The van der Waals surface area contributed by atoms with E-state index in [1.165, 1.54) is 213 Å². The van der Waals surface area contributed by atoms with Crippen LogP contribution in [-0.4, -0.2) is 75.9 Å². The lowest BCUT2D eigenvalue weighted by Gasteiger charge is -2.24. The highest BCUT2D eigenvalue weighted by molar-refractivity contribution is 4.71. The van der Waals surface area contributed by atoms with Gasteiger partial charge in [-0.1, -0.05) is 169 Å². The summed E-state index contributed by atoms with van der Waals surface area (Å²) in [6.07, 6.45) is 38.9. The Hall–Kier alpha value is -0.160. The van der Waals surface area contributed by atoms with Gasteiger partial charge in [0.25, 0.3) is 0 Å². The zero-order valence-corrected chi connectivity index (χ0v) is 35.3. The fourth-order valence-corrected chi connectivity index (χ4v) is 7.42. The first kappa shape index (κ1) is 48.8. The highest BCUT2D eigenvalue weighted by Crippen LogP contribution is 2.18. The van der Waals surface area contributed by atoms with Gasteiger partial charge in [0.15, 0.2) is 0 Å². The van der Waals surface area contributed by atoms with E-state index in [1.807, 2.05) is 0 Å². The Morgan fingerprint density at radius 2 is 0.959 bits per heavy atom. The molecular weight excluding hydrogens is 599 g/mol. The van der Waals surface area contributed by atoms with Gasteiger partial charge in [0.05, 0.1) is 0 Å². The Bertz CT molecular complexity index is 614. The smallest absolute Gasteiger partial charge is 0.0494 e. The molecule has 0 aliphatic heterocycles. The number of rotatable bonds is 41. The molecule has 0 aliphatic rings. The van der Waals surface area contributed by atoms with E-state index < -0.39 is 0 Å². The summed E-state index contributed by atoms with van der Waals surface area (Å²) in [7, 11) is 4.44. The number of likely N-dealkylation sites (N-methyl/N-ethyl adjacent to an activating group) is 1. The van der Waals surface area contributed by atoms with Crippen LogP contribution in [0.25, 0.3) is 0 Å². The first-order chi connectivity index (χ1) is 24.0. The Kier molecular flexibility index (Phi) is 38.9. The fourth-order valence-electron chi connectivity index (χ4n) is 7.42. The fraction of sp³-hybridized carbons (Fsp3) is 1.00. The van der Waals surface area contributed by atoms with Gasteiger partial charge in [-0.25, -0.2) is 0 Å². The summed E-state index contributed by atoms with van der Waals surface area (Å²) in [6.45, 7) is 19.9. The third kappa shape index (κ3) is 34.7. The van der Waals surface area contributed by atoms with Crippen LogP contribution < -0.4 is 5.32 Å². The van der Waals surface area contributed by atoms with E-state index in [0.29, 0.717) is 6.04 Å². The maximum atomic E-state index is 5.98. The maximum absolute atomic E-state index is 5.98. The average molecular weight is 694 g/mol. The number of ether oxygens (including phenoxy) is 1. The maximum Gasteiger partial charge on any atom is 0.0494 e. The molecule has 0 saturated heterocycles. The first-order valence-corrected chi connectivity index (χ1v) is 22.7. The van der Waals surface area contributed by atoms with E-state index in [1.54, 1.807) is 0 Å². The topological polar surface area (TPSA) is 27.7 Å². The van der Waals surface area contributed by atoms with Crippen molar-refractivity contribution in [3.05, 3.63) is 0 Å². The van der Waals surface area contributed by atoms with Gasteiger partial charge in [-0.2, -0.15) is 0 Å². The van der Waals surface area contributed by atoms with Gasteiger partial charge >= 0.3 is 0 Å². The molecule has 49 heavy (non-hydrogen) atoms. The second kappa shape index (κ2) is 39.1. The monoisotopic (exact) mass is 694 g/mol. The summed E-state index contributed by atoms with van der Waals surface area (Å²) < 4.78 is 5.98. The quantitative estimate of drug-likeness (QED) is 0.0645. The predicted octanol–water partition coefficient (Wildman–Crippen LogP) is 13.1. The van der Waals surface area contributed by atoms with Crippen LogP contribution in [-0.2, 0) is 4.74 Å². The average Bonchev–Trinajstić information content (AvgIpc) is 3.10.